The van der Waals surface area contributed by atoms with E-state index in [1.54, 1.807) is 6.92 Å². The molecule has 18 heavy (non-hydrogen) atoms. The van der Waals surface area contributed by atoms with Gasteiger partial charge in [-0.15, -0.1) is 0 Å². The summed E-state index contributed by atoms with van der Waals surface area (Å²) in [6.45, 7) is 9.89. The van der Waals surface area contributed by atoms with Crippen LogP contribution < -0.4 is 0 Å². The fourth-order valence-electron chi connectivity index (χ4n) is 2.66. The molecule has 0 amide bonds. The van der Waals surface area contributed by atoms with Crippen molar-refractivity contribution in [2.75, 3.05) is 0 Å². The fraction of sp³-hybridized carbons (Fsp3) is 0.933. The third-order valence-corrected chi connectivity index (χ3v) is 4.35. The maximum Gasteiger partial charge on any atom is 0.338 e. The third kappa shape index (κ3) is 3.71. The molecule has 0 aromatic carbocycles. The summed E-state index contributed by atoms with van der Waals surface area (Å²) >= 11 is 0. The number of rotatable bonds is 4. The van der Waals surface area contributed by atoms with E-state index in [0.717, 1.165) is 12.8 Å². The first-order valence-corrected chi connectivity index (χ1v) is 7.21. The Morgan fingerprint density at radius 1 is 1.44 bits per heavy atom. The van der Waals surface area contributed by atoms with Gasteiger partial charge >= 0.3 is 5.97 Å². The van der Waals surface area contributed by atoms with Gasteiger partial charge in [-0.2, -0.15) is 0 Å². The fourth-order valence-corrected chi connectivity index (χ4v) is 2.66. The van der Waals surface area contributed by atoms with Crippen molar-refractivity contribution in [3.63, 3.8) is 0 Å². The minimum absolute atomic E-state index is 0.0284. The zero-order chi connectivity index (χ0) is 13.9. The van der Waals surface area contributed by atoms with Gasteiger partial charge < -0.3 is 9.84 Å². The van der Waals surface area contributed by atoms with E-state index >= 15 is 0 Å². The Morgan fingerprint density at radius 2 is 2.06 bits per heavy atom. The molecule has 0 unspecified atom stereocenters. The minimum Gasteiger partial charge on any atom is -0.460 e. The highest BCUT2D eigenvalue weighted by Gasteiger charge is 2.37. The molecule has 3 heteroatoms. The number of aliphatic hydroxyl groups is 1. The number of ether oxygens (including phenoxy) is 1. The standard InChI is InChI=1S/C15H28O3/c1-6-15(5,17)14(16)18-13-9-11(4)7-8-12(13)10(2)3/h10-13,17H,6-9H2,1-5H3/t11-,12+,13-,15-/m1/s1. The maximum atomic E-state index is 12.0. The highest BCUT2D eigenvalue weighted by atomic mass is 16.6. The van der Waals surface area contributed by atoms with Gasteiger partial charge in [0.05, 0.1) is 0 Å². The Balaban J connectivity index is 2.69. The van der Waals surface area contributed by atoms with Gasteiger partial charge in [0, 0.05) is 0 Å². The van der Waals surface area contributed by atoms with E-state index in [1.165, 1.54) is 13.3 Å². The lowest BCUT2D eigenvalue weighted by Crippen LogP contribution is -2.43. The predicted octanol–water partition coefficient (Wildman–Crippen LogP) is 3.15. The number of hydrogen-bond acceptors (Lipinski definition) is 3. The van der Waals surface area contributed by atoms with E-state index in [2.05, 4.69) is 20.8 Å². The molecule has 0 heterocycles. The molecule has 0 aromatic rings. The van der Waals surface area contributed by atoms with Crippen LogP contribution in [0.2, 0.25) is 0 Å². The summed E-state index contributed by atoms with van der Waals surface area (Å²) in [7, 11) is 0. The van der Waals surface area contributed by atoms with E-state index in [-0.39, 0.29) is 6.10 Å². The topological polar surface area (TPSA) is 46.5 Å². The Labute approximate surface area is 111 Å². The van der Waals surface area contributed by atoms with Crippen LogP contribution in [0.3, 0.4) is 0 Å². The summed E-state index contributed by atoms with van der Waals surface area (Å²) < 4.78 is 5.60. The molecule has 0 saturated heterocycles. The second-order valence-electron chi connectivity index (χ2n) is 6.40. The van der Waals surface area contributed by atoms with E-state index < -0.39 is 11.6 Å². The minimum atomic E-state index is -1.35. The highest BCUT2D eigenvalue weighted by molar-refractivity contribution is 5.78. The number of carbonyl (C=O) groups excluding carboxylic acids is 1. The second-order valence-corrected chi connectivity index (χ2v) is 6.40. The van der Waals surface area contributed by atoms with Gasteiger partial charge in [-0.1, -0.05) is 34.1 Å². The molecule has 0 aromatic heterocycles. The van der Waals surface area contributed by atoms with Crippen LogP contribution in [-0.4, -0.2) is 22.8 Å². The molecule has 1 aliphatic rings. The number of carbonyl (C=O) groups is 1. The van der Waals surface area contributed by atoms with Crippen LogP contribution in [0.1, 0.15) is 60.3 Å². The number of esters is 1. The lowest BCUT2D eigenvalue weighted by molar-refractivity contribution is -0.176. The summed E-state index contributed by atoms with van der Waals surface area (Å²) in [5.41, 5.74) is -1.35. The molecular formula is C15H28O3. The molecule has 1 fully saturated rings. The largest absolute Gasteiger partial charge is 0.460 e. The summed E-state index contributed by atoms with van der Waals surface area (Å²) in [6, 6.07) is 0. The van der Waals surface area contributed by atoms with Gasteiger partial charge in [0.2, 0.25) is 0 Å². The van der Waals surface area contributed by atoms with E-state index in [0.29, 0.717) is 24.2 Å². The van der Waals surface area contributed by atoms with Crippen LogP contribution in [0.4, 0.5) is 0 Å². The Morgan fingerprint density at radius 3 is 2.56 bits per heavy atom. The first-order chi connectivity index (χ1) is 8.27. The van der Waals surface area contributed by atoms with Crippen LogP contribution in [0.25, 0.3) is 0 Å². The molecule has 0 bridgehead atoms. The zero-order valence-electron chi connectivity index (χ0n) is 12.4. The molecule has 0 aliphatic heterocycles. The van der Waals surface area contributed by atoms with E-state index in [9.17, 15) is 9.90 Å². The van der Waals surface area contributed by atoms with E-state index in [4.69, 9.17) is 4.74 Å². The summed E-state index contributed by atoms with van der Waals surface area (Å²) in [5, 5.41) is 9.94. The van der Waals surface area contributed by atoms with Crippen molar-refractivity contribution in [1.29, 1.82) is 0 Å². The highest BCUT2D eigenvalue weighted by Crippen LogP contribution is 2.36. The Bertz CT molecular complexity index is 283. The van der Waals surface area contributed by atoms with Crippen LogP contribution >= 0.6 is 0 Å². The third-order valence-electron chi connectivity index (χ3n) is 4.35. The van der Waals surface area contributed by atoms with Gasteiger partial charge in [0.15, 0.2) is 5.60 Å². The van der Waals surface area contributed by atoms with Crippen molar-refractivity contribution < 1.29 is 14.6 Å². The van der Waals surface area contributed by atoms with Crippen molar-refractivity contribution in [2.24, 2.45) is 17.8 Å². The van der Waals surface area contributed by atoms with Gasteiger partial charge in [0.25, 0.3) is 0 Å². The molecule has 1 rings (SSSR count). The molecule has 4 atom stereocenters. The molecule has 1 N–H and O–H groups in total. The predicted molar refractivity (Wildman–Crippen MR) is 72.1 cm³/mol. The summed E-state index contributed by atoms with van der Waals surface area (Å²) in [6.07, 6.45) is 3.61. The molecule has 0 radical (unpaired) electrons. The van der Waals surface area contributed by atoms with Gasteiger partial charge in [-0.25, -0.2) is 4.79 Å². The second kappa shape index (κ2) is 6.05. The monoisotopic (exact) mass is 256 g/mol. The molecule has 106 valence electrons. The van der Waals surface area contributed by atoms with Gasteiger partial charge in [-0.05, 0) is 43.9 Å². The average Bonchev–Trinajstić information content (AvgIpc) is 2.28. The number of hydrogen-bond donors (Lipinski definition) is 1. The zero-order valence-corrected chi connectivity index (χ0v) is 12.4. The first-order valence-electron chi connectivity index (χ1n) is 7.21. The van der Waals surface area contributed by atoms with Crippen molar-refractivity contribution in [2.45, 2.75) is 72.0 Å². The van der Waals surface area contributed by atoms with Crippen molar-refractivity contribution in [1.82, 2.24) is 0 Å². The summed E-state index contributed by atoms with van der Waals surface area (Å²) in [4.78, 5) is 12.0. The Kier molecular flexibility index (Phi) is 5.20. The van der Waals surface area contributed by atoms with Crippen LogP contribution in [-0.2, 0) is 9.53 Å². The maximum absolute atomic E-state index is 12.0. The summed E-state index contributed by atoms with van der Waals surface area (Å²) in [5.74, 6) is 1.08. The van der Waals surface area contributed by atoms with Gasteiger partial charge in [-0.3, -0.25) is 0 Å². The van der Waals surface area contributed by atoms with Crippen molar-refractivity contribution in [3.05, 3.63) is 0 Å². The molecule has 0 spiro atoms. The van der Waals surface area contributed by atoms with Gasteiger partial charge in [0.1, 0.15) is 6.10 Å². The average molecular weight is 256 g/mol. The molecule has 3 nitrogen and oxygen atoms in total. The van der Waals surface area contributed by atoms with Crippen LogP contribution in [0.15, 0.2) is 0 Å². The lowest BCUT2D eigenvalue weighted by Gasteiger charge is -2.37. The SMILES string of the molecule is CC[C@@](C)(O)C(=O)O[C@@H]1C[C@H](C)CC[C@H]1C(C)C. The molecule has 1 aliphatic carbocycles. The van der Waals surface area contributed by atoms with Crippen LogP contribution in [0, 0.1) is 17.8 Å². The van der Waals surface area contributed by atoms with Crippen molar-refractivity contribution >= 4 is 5.97 Å². The first kappa shape index (κ1) is 15.5. The smallest absolute Gasteiger partial charge is 0.338 e. The Hall–Kier alpha value is -0.570. The quantitative estimate of drug-likeness (QED) is 0.786. The van der Waals surface area contributed by atoms with E-state index in [1.807, 2.05) is 0 Å². The molecule has 1 saturated carbocycles. The normalized spacial score (nSPS) is 32.1. The van der Waals surface area contributed by atoms with Crippen molar-refractivity contribution in [3.8, 4) is 0 Å². The lowest BCUT2D eigenvalue weighted by atomic mass is 9.75. The van der Waals surface area contributed by atoms with Crippen LogP contribution in [0.5, 0.6) is 0 Å². The molecular weight excluding hydrogens is 228 g/mol.